The average Bonchev–Trinajstić information content (AvgIpc) is 2.62. The van der Waals surface area contributed by atoms with E-state index in [1.165, 1.54) is 5.56 Å². The van der Waals surface area contributed by atoms with Crippen LogP contribution in [0, 0.1) is 0 Å². The van der Waals surface area contributed by atoms with Gasteiger partial charge in [-0.2, -0.15) is 0 Å². The van der Waals surface area contributed by atoms with E-state index in [4.69, 9.17) is 0 Å². The lowest BCUT2D eigenvalue weighted by Gasteiger charge is -2.11. The van der Waals surface area contributed by atoms with Crippen molar-refractivity contribution >= 4 is 11.0 Å². The Labute approximate surface area is 101 Å². The largest absolute Gasteiger partial charge is 0.326 e. The van der Waals surface area contributed by atoms with Gasteiger partial charge in [0, 0.05) is 6.04 Å². The number of nitrogens with zero attached hydrogens (tertiary/aromatic N) is 1. The van der Waals surface area contributed by atoms with E-state index in [1.807, 2.05) is 24.5 Å². The molecule has 1 atom stereocenters. The highest BCUT2D eigenvalue weighted by Gasteiger charge is 2.11. The summed E-state index contributed by atoms with van der Waals surface area (Å²) in [4.78, 5) is 14.7. The van der Waals surface area contributed by atoms with Gasteiger partial charge in [-0.3, -0.25) is 4.57 Å². The Morgan fingerprint density at radius 2 is 2.00 bits per heavy atom. The number of nitrogens with one attached hydrogen (secondary N) is 1. The molecule has 0 aliphatic carbocycles. The number of hydrogen-bond donors (Lipinski definition) is 1. The monoisotopic (exact) mass is 232 g/mol. The molecule has 0 saturated heterocycles. The maximum atomic E-state index is 11.8. The highest BCUT2D eigenvalue weighted by Crippen LogP contribution is 2.23. The number of rotatable bonds is 3. The van der Waals surface area contributed by atoms with Crippen molar-refractivity contribution in [3.8, 4) is 0 Å². The van der Waals surface area contributed by atoms with Crippen molar-refractivity contribution in [2.24, 2.45) is 0 Å². The van der Waals surface area contributed by atoms with Crippen molar-refractivity contribution < 1.29 is 0 Å². The van der Waals surface area contributed by atoms with Crippen molar-refractivity contribution in [2.75, 3.05) is 0 Å². The summed E-state index contributed by atoms with van der Waals surface area (Å²) in [5.74, 6) is 0.532. The van der Waals surface area contributed by atoms with Crippen LogP contribution in [0.25, 0.3) is 11.0 Å². The minimum atomic E-state index is -0.0173. The minimum Gasteiger partial charge on any atom is -0.306 e. The van der Waals surface area contributed by atoms with E-state index in [0.717, 1.165) is 17.5 Å². The molecule has 1 aromatic heterocycles. The fourth-order valence-electron chi connectivity index (χ4n) is 2.19. The van der Waals surface area contributed by atoms with Gasteiger partial charge in [-0.15, -0.1) is 0 Å². The molecule has 0 saturated carbocycles. The minimum absolute atomic E-state index is 0.0173. The van der Waals surface area contributed by atoms with Gasteiger partial charge in [0.25, 0.3) is 0 Å². The van der Waals surface area contributed by atoms with Gasteiger partial charge in [0.2, 0.25) is 0 Å². The lowest BCUT2D eigenvalue weighted by Crippen LogP contribution is -2.18. The second-order valence-electron chi connectivity index (χ2n) is 4.98. The fraction of sp³-hybridized carbons (Fsp3) is 0.500. The number of hydrogen-bond acceptors (Lipinski definition) is 1. The maximum absolute atomic E-state index is 11.8. The Hall–Kier alpha value is -1.51. The Balaban J connectivity index is 2.66. The molecule has 1 aromatic carbocycles. The van der Waals surface area contributed by atoms with Crippen LogP contribution in [0.4, 0.5) is 0 Å². The van der Waals surface area contributed by atoms with E-state index in [-0.39, 0.29) is 11.7 Å². The predicted molar refractivity (Wildman–Crippen MR) is 71.6 cm³/mol. The summed E-state index contributed by atoms with van der Waals surface area (Å²) in [5.41, 5.74) is 3.23. The van der Waals surface area contributed by atoms with Crippen LogP contribution in [0.1, 0.15) is 51.6 Å². The Morgan fingerprint density at radius 3 is 2.59 bits per heavy atom. The second kappa shape index (κ2) is 4.40. The zero-order valence-electron chi connectivity index (χ0n) is 10.9. The number of aromatic amines is 1. The van der Waals surface area contributed by atoms with Crippen LogP contribution in [-0.2, 0) is 0 Å². The van der Waals surface area contributed by atoms with Crippen LogP contribution < -0.4 is 5.69 Å². The number of aromatic nitrogens is 2. The molecule has 0 aliphatic rings. The van der Waals surface area contributed by atoms with Crippen molar-refractivity contribution in [2.45, 2.75) is 46.1 Å². The Kier molecular flexibility index (Phi) is 3.09. The highest BCUT2D eigenvalue weighted by molar-refractivity contribution is 5.76. The van der Waals surface area contributed by atoms with Crippen molar-refractivity contribution in [1.82, 2.24) is 9.55 Å². The topological polar surface area (TPSA) is 37.8 Å². The standard InChI is InChI=1S/C14H20N2O/c1-5-10(4)11-6-7-12-13(8-11)16(9(2)3)14(17)15-12/h6-10H,5H2,1-4H3,(H,15,17). The molecule has 1 heterocycles. The summed E-state index contributed by atoms with van der Waals surface area (Å²) in [6, 6.07) is 6.44. The molecule has 0 aliphatic heterocycles. The zero-order chi connectivity index (χ0) is 12.6. The molecule has 0 radical (unpaired) electrons. The molecule has 17 heavy (non-hydrogen) atoms. The zero-order valence-corrected chi connectivity index (χ0v) is 10.9. The quantitative estimate of drug-likeness (QED) is 0.865. The molecule has 1 unspecified atom stereocenters. The van der Waals surface area contributed by atoms with Crippen LogP contribution in [0.2, 0.25) is 0 Å². The molecule has 92 valence electrons. The lowest BCUT2D eigenvalue weighted by molar-refractivity contribution is 0.597. The van der Waals surface area contributed by atoms with Crippen molar-refractivity contribution in [1.29, 1.82) is 0 Å². The summed E-state index contributed by atoms with van der Waals surface area (Å²) in [6.07, 6.45) is 1.11. The van der Waals surface area contributed by atoms with E-state index in [9.17, 15) is 4.79 Å². The molecule has 0 fully saturated rings. The summed E-state index contributed by atoms with van der Waals surface area (Å²) in [6.45, 7) is 8.46. The number of fused-ring (bicyclic) bond motifs is 1. The smallest absolute Gasteiger partial charge is 0.306 e. The van der Waals surface area contributed by atoms with Gasteiger partial charge < -0.3 is 4.98 Å². The van der Waals surface area contributed by atoms with E-state index in [1.54, 1.807) is 0 Å². The Morgan fingerprint density at radius 1 is 1.29 bits per heavy atom. The lowest BCUT2D eigenvalue weighted by atomic mass is 9.98. The van der Waals surface area contributed by atoms with Crippen LogP contribution in [0.5, 0.6) is 0 Å². The predicted octanol–water partition coefficient (Wildman–Crippen LogP) is 3.42. The van der Waals surface area contributed by atoms with Gasteiger partial charge in [0.05, 0.1) is 11.0 Å². The average molecular weight is 232 g/mol. The van der Waals surface area contributed by atoms with Crippen LogP contribution in [0.3, 0.4) is 0 Å². The van der Waals surface area contributed by atoms with Crippen molar-refractivity contribution in [3.63, 3.8) is 0 Å². The van der Waals surface area contributed by atoms with E-state index >= 15 is 0 Å². The first-order chi connectivity index (χ1) is 8.04. The SMILES string of the molecule is CCC(C)c1ccc2[nH]c(=O)n(C(C)C)c2c1. The van der Waals surface area contributed by atoms with Gasteiger partial charge in [-0.1, -0.05) is 19.9 Å². The molecule has 0 spiro atoms. The summed E-state index contributed by atoms with van der Waals surface area (Å²) in [5, 5.41) is 0. The van der Waals surface area contributed by atoms with E-state index < -0.39 is 0 Å². The van der Waals surface area contributed by atoms with Crippen LogP contribution >= 0.6 is 0 Å². The van der Waals surface area contributed by atoms with Gasteiger partial charge in [-0.25, -0.2) is 4.79 Å². The van der Waals surface area contributed by atoms with Crippen LogP contribution in [-0.4, -0.2) is 9.55 Å². The van der Waals surface area contributed by atoms with Gasteiger partial charge >= 0.3 is 5.69 Å². The third-order valence-corrected chi connectivity index (χ3v) is 3.44. The highest BCUT2D eigenvalue weighted by atomic mass is 16.1. The number of H-pyrrole nitrogens is 1. The third kappa shape index (κ3) is 2.02. The first kappa shape index (κ1) is 12.0. The van der Waals surface area contributed by atoms with Gasteiger partial charge in [0.15, 0.2) is 0 Å². The molecule has 2 aromatic rings. The van der Waals surface area contributed by atoms with Crippen molar-refractivity contribution in [3.05, 3.63) is 34.2 Å². The first-order valence-electron chi connectivity index (χ1n) is 6.28. The third-order valence-electron chi connectivity index (χ3n) is 3.44. The molecule has 1 N–H and O–H groups in total. The summed E-state index contributed by atoms with van der Waals surface area (Å²) in [7, 11) is 0. The first-order valence-corrected chi connectivity index (χ1v) is 6.28. The molecule has 3 nitrogen and oxygen atoms in total. The van der Waals surface area contributed by atoms with E-state index in [2.05, 4.69) is 31.0 Å². The number of imidazole rings is 1. The molecule has 0 bridgehead atoms. The molecular weight excluding hydrogens is 212 g/mol. The second-order valence-corrected chi connectivity index (χ2v) is 4.98. The summed E-state index contributed by atoms with van der Waals surface area (Å²) >= 11 is 0. The van der Waals surface area contributed by atoms with E-state index in [0.29, 0.717) is 5.92 Å². The molecule has 0 amide bonds. The molecule has 2 rings (SSSR count). The molecular formula is C14H20N2O. The summed E-state index contributed by atoms with van der Waals surface area (Å²) < 4.78 is 1.82. The maximum Gasteiger partial charge on any atom is 0.326 e. The molecule has 3 heteroatoms. The normalized spacial score (nSPS) is 13.5. The van der Waals surface area contributed by atoms with Gasteiger partial charge in [0.1, 0.15) is 0 Å². The van der Waals surface area contributed by atoms with Gasteiger partial charge in [-0.05, 0) is 43.9 Å². The number of benzene rings is 1. The van der Waals surface area contributed by atoms with Crippen LogP contribution in [0.15, 0.2) is 23.0 Å². The fourth-order valence-corrected chi connectivity index (χ4v) is 2.19. The Bertz CT molecular complexity index is 577.